The molecule has 0 unspecified atom stereocenters. The lowest BCUT2D eigenvalue weighted by atomic mass is 9.76. The van der Waals surface area contributed by atoms with Gasteiger partial charge in [0.05, 0.1) is 0 Å². The maximum absolute atomic E-state index is 8.64. The van der Waals surface area contributed by atoms with E-state index in [-0.39, 0.29) is 0 Å². The van der Waals surface area contributed by atoms with Crippen molar-refractivity contribution < 1.29 is 5.11 Å². The molecule has 0 atom stereocenters. The molecule has 14 heavy (non-hydrogen) atoms. The molecule has 2 heteroatoms. The van der Waals surface area contributed by atoms with Gasteiger partial charge in [0.2, 0.25) is 0 Å². The van der Waals surface area contributed by atoms with Crippen LogP contribution in [0.25, 0.3) is 0 Å². The monoisotopic (exact) mass is 199 g/mol. The molecule has 2 N–H and O–H groups in total. The Morgan fingerprint density at radius 1 is 1.14 bits per heavy atom. The summed E-state index contributed by atoms with van der Waals surface area (Å²) < 4.78 is 0. The Kier molecular flexibility index (Phi) is 5.49. The van der Waals surface area contributed by atoms with Crippen molar-refractivity contribution in [3.8, 4) is 0 Å². The van der Waals surface area contributed by atoms with Crippen LogP contribution in [0.2, 0.25) is 0 Å². The largest absolute Gasteiger partial charge is 0.396 e. The molecule has 2 nitrogen and oxygen atoms in total. The summed E-state index contributed by atoms with van der Waals surface area (Å²) >= 11 is 0. The van der Waals surface area contributed by atoms with Gasteiger partial charge in [-0.15, -0.1) is 0 Å². The molecule has 1 saturated carbocycles. The fraction of sp³-hybridized carbons (Fsp3) is 1.00. The Hall–Kier alpha value is -0.0800. The molecule has 0 aliphatic heterocycles. The Labute approximate surface area is 88.1 Å². The van der Waals surface area contributed by atoms with Crippen molar-refractivity contribution >= 4 is 0 Å². The second kappa shape index (κ2) is 6.41. The van der Waals surface area contributed by atoms with Gasteiger partial charge >= 0.3 is 0 Å². The summed E-state index contributed by atoms with van der Waals surface area (Å²) in [5.41, 5.74) is 0.553. The molecule has 0 aromatic rings. The second-order valence-electron chi connectivity index (χ2n) is 4.98. The number of rotatable bonds is 6. The van der Waals surface area contributed by atoms with Crippen LogP contribution in [0.15, 0.2) is 0 Å². The first kappa shape index (κ1) is 12.0. The predicted octanol–water partition coefficient (Wildman–Crippen LogP) is 2.32. The van der Waals surface area contributed by atoms with Crippen LogP contribution >= 0.6 is 0 Å². The van der Waals surface area contributed by atoms with Gasteiger partial charge in [-0.2, -0.15) is 0 Å². The molecule has 0 spiro atoms. The van der Waals surface area contributed by atoms with Crippen LogP contribution in [0.5, 0.6) is 0 Å². The summed E-state index contributed by atoms with van der Waals surface area (Å²) in [6.45, 7) is 4.97. The molecular weight excluding hydrogens is 174 g/mol. The van der Waals surface area contributed by atoms with Crippen molar-refractivity contribution in [3.63, 3.8) is 0 Å². The molecule has 1 aliphatic rings. The number of aliphatic hydroxyl groups is 1. The van der Waals surface area contributed by atoms with Crippen molar-refractivity contribution in [2.75, 3.05) is 19.7 Å². The van der Waals surface area contributed by atoms with E-state index in [0.717, 1.165) is 19.4 Å². The minimum absolute atomic E-state index is 0.332. The van der Waals surface area contributed by atoms with Crippen LogP contribution in [0, 0.1) is 5.41 Å². The van der Waals surface area contributed by atoms with E-state index in [4.69, 9.17) is 5.11 Å². The SMILES string of the molecule is CC1(CNCCCCO)CCCCC1. The lowest BCUT2D eigenvalue weighted by Crippen LogP contribution is -2.34. The fourth-order valence-corrected chi connectivity index (χ4v) is 2.33. The molecule has 0 saturated heterocycles. The van der Waals surface area contributed by atoms with Crippen LogP contribution in [-0.2, 0) is 0 Å². The lowest BCUT2D eigenvalue weighted by molar-refractivity contribution is 0.207. The zero-order valence-electron chi connectivity index (χ0n) is 9.52. The first-order valence-electron chi connectivity index (χ1n) is 6.08. The minimum Gasteiger partial charge on any atom is -0.396 e. The molecule has 1 aliphatic carbocycles. The maximum atomic E-state index is 8.64. The Balaban J connectivity index is 2.03. The summed E-state index contributed by atoms with van der Waals surface area (Å²) in [7, 11) is 0. The summed E-state index contributed by atoms with van der Waals surface area (Å²) in [6.07, 6.45) is 9.07. The highest BCUT2D eigenvalue weighted by Gasteiger charge is 2.25. The number of aliphatic hydroxyl groups excluding tert-OH is 1. The molecule has 1 rings (SSSR count). The summed E-state index contributed by atoms with van der Waals surface area (Å²) in [6, 6.07) is 0. The highest BCUT2D eigenvalue weighted by molar-refractivity contribution is 4.80. The van der Waals surface area contributed by atoms with E-state index < -0.39 is 0 Å². The van der Waals surface area contributed by atoms with Crippen molar-refractivity contribution in [2.45, 2.75) is 51.9 Å². The molecule has 84 valence electrons. The standard InChI is InChI=1S/C12H25NO/c1-12(7-3-2-4-8-12)11-13-9-5-6-10-14/h13-14H,2-11H2,1H3. The van der Waals surface area contributed by atoms with Gasteiger partial charge in [0.1, 0.15) is 0 Å². The molecular formula is C12H25NO. The number of nitrogens with one attached hydrogen (secondary N) is 1. The van der Waals surface area contributed by atoms with Gasteiger partial charge in [-0.3, -0.25) is 0 Å². The normalized spacial score (nSPS) is 21.0. The van der Waals surface area contributed by atoms with E-state index in [1.165, 1.54) is 38.6 Å². The Morgan fingerprint density at radius 2 is 1.86 bits per heavy atom. The van der Waals surface area contributed by atoms with Gasteiger partial charge in [0.15, 0.2) is 0 Å². The van der Waals surface area contributed by atoms with Crippen molar-refractivity contribution in [1.29, 1.82) is 0 Å². The number of unbranched alkanes of at least 4 members (excludes halogenated alkanes) is 1. The van der Waals surface area contributed by atoms with E-state index in [9.17, 15) is 0 Å². The molecule has 0 heterocycles. The summed E-state index contributed by atoms with van der Waals surface area (Å²) in [5, 5.41) is 12.2. The highest BCUT2D eigenvalue weighted by Crippen LogP contribution is 2.34. The molecule has 0 bridgehead atoms. The lowest BCUT2D eigenvalue weighted by Gasteiger charge is -2.33. The average Bonchev–Trinajstić information content (AvgIpc) is 2.18. The molecule has 1 fully saturated rings. The van der Waals surface area contributed by atoms with Gasteiger partial charge in [0.25, 0.3) is 0 Å². The summed E-state index contributed by atoms with van der Waals surface area (Å²) in [4.78, 5) is 0. The highest BCUT2D eigenvalue weighted by atomic mass is 16.2. The third kappa shape index (κ3) is 4.43. The maximum Gasteiger partial charge on any atom is 0.0431 e. The average molecular weight is 199 g/mol. The van der Waals surface area contributed by atoms with Crippen LogP contribution in [-0.4, -0.2) is 24.8 Å². The topological polar surface area (TPSA) is 32.3 Å². The first-order chi connectivity index (χ1) is 6.77. The summed E-state index contributed by atoms with van der Waals surface area (Å²) in [5.74, 6) is 0. The van der Waals surface area contributed by atoms with Crippen LogP contribution in [0.1, 0.15) is 51.9 Å². The van der Waals surface area contributed by atoms with Crippen LogP contribution in [0.3, 0.4) is 0 Å². The third-order valence-electron chi connectivity index (χ3n) is 3.37. The third-order valence-corrected chi connectivity index (χ3v) is 3.37. The Morgan fingerprint density at radius 3 is 2.50 bits per heavy atom. The number of hydrogen-bond acceptors (Lipinski definition) is 2. The quantitative estimate of drug-likeness (QED) is 0.643. The van der Waals surface area contributed by atoms with Gasteiger partial charge in [0, 0.05) is 13.2 Å². The fourth-order valence-electron chi connectivity index (χ4n) is 2.33. The van der Waals surface area contributed by atoms with Gasteiger partial charge in [-0.1, -0.05) is 26.2 Å². The van der Waals surface area contributed by atoms with E-state index in [1.54, 1.807) is 0 Å². The van der Waals surface area contributed by atoms with E-state index in [2.05, 4.69) is 12.2 Å². The minimum atomic E-state index is 0.332. The van der Waals surface area contributed by atoms with E-state index in [1.807, 2.05) is 0 Å². The van der Waals surface area contributed by atoms with Gasteiger partial charge < -0.3 is 10.4 Å². The van der Waals surface area contributed by atoms with E-state index in [0.29, 0.717) is 12.0 Å². The molecule has 0 aromatic heterocycles. The van der Waals surface area contributed by atoms with Crippen LogP contribution < -0.4 is 5.32 Å². The van der Waals surface area contributed by atoms with Gasteiger partial charge in [-0.25, -0.2) is 0 Å². The van der Waals surface area contributed by atoms with Crippen molar-refractivity contribution in [1.82, 2.24) is 5.32 Å². The van der Waals surface area contributed by atoms with Crippen molar-refractivity contribution in [2.24, 2.45) is 5.41 Å². The Bertz CT molecular complexity index is 141. The second-order valence-corrected chi connectivity index (χ2v) is 4.98. The van der Waals surface area contributed by atoms with Crippen molar-refractivity contribution in [3.05, 3.63) is 0 Å². The van der Waals surface area contributed by atoms with Crippen LogP contribution in [0.4, 0.5) is 0 Å². The zero-order chi connectivity index (χ0) is 10.3. The zero-order valence-corrected chi connectivity index (χ0v) is 9.52. The van der Waals surface area contributed by atoms with Gasteiger partial charge in [-0.05, 0) is 37.6 Å². The predicted molar refractivity (Wildman–Crippen MR) is 60.4 cm³/mol. The molecule has 0 radical (unpaired) electrons. The first-order valence-corrected chi connectivity index (χ1v) is 6.08. The molecule has 0 aromatic carbocycles. The van der Waals surface area contributed by atoms with E-state index >= 15 is 0 Å². The smallest absolute Gasteiger partial charge is 0.0431 e. The number of hydrogen-bond donors (Lipinski definition) is 2. The molecule has 0 amide bonds.